The van der Waals surface area contributed by atoms with Crippen molar-refractivity contribution >= 4 is 70.9 Å². The van der Waals surface area contributed by atoms with Gasteiger partial charge in [0.25, 0.3) is 5.56 Å². The van der Waals surface area contributed by atoms with Gasteiger partial charge in [0.05, 0.1) is 26.1 Å². The number of carbonyl (C=O) groups is 1. The van der Waals surface area contributed by atoms with Crippen molar-refractivity contribution in [3.8, 4) is 5.75 Å². The van der Waals surface area contributed by atoms with E-state index in [1.165, 1.54) is 11.6 Å². The van der Waals surface area contributed by atoms with Crippen LogP contribution >= 0.6 is 47.8 Å². The molecule has 0 bridgehead atoms. The van der Waals surface area contributed by atoms with Crippen LogP contribution in [-0.4, -0.2) is 21.8 Å². The molecule has 1 atom stereocenters. The summed E-state index contributed by atoms with van der Waals surface area (Å²) in [5.41, 5.74) is 1.12. The molecular formula is C21H18Br3N3O3. The molecular weight excluding hydrogens is 582 g/mol. The van der Waals surface area contributed by atoms with E-state index in [-0.39, 0.29) is 11.5 Å². The van der Waals surface area contributed by atoms with E-state index in [0.717, 1.165) is 10.9 Å². The number of ether oxygens (including phenoxy) is 1. The van der Waals surface area contributed by atoms with Gasteiger partial charge in [-0.1, -0.05) is 29.8 Å². The van der Waals surface area contributed by atoms with Gasteiger partial charge in [-0.05, 0) is 74.2 Å². The lowest BCUT2D eigenvalue weighted by atomic mass is 10.1. The zero-order valence-corrected chi connectivity index (χ0v) is 21.2. The summed E-state index contributed by atoms with van der Waals surface area (Å²) in [5, 5.41) is 4.94. The second kappa shape index (κ2) is 9.53. The van der Waals surface area contributed by atoms with Crippen LogP contribution in [0.15, 0.2) is 53.6 Å². The fraction of sp³-hybridized carbons (Fsp3) is 0.238. The second-order valence-corrected chi connectivity index (χ2v) is 9.33. The summed E-state index contributed by atoms with van der Waals surface area (Å²) >= 11 is 10.2. The minimum Gasteiger partial charge on any atom is -0.424 e. The first kappa shape index (κ1) is 22.8. The van der Waals surface area contributed by atoms with Crippen LogP contribution in [0.4, 0.5) is 0 Å². The Kier molecular flexibility index (Phi) is 7.26. The Balaban J connectivity index is 2.12. The summed E-state index contributed by atoms with van der Waals surface area (Å²) < 4.78 is 8.52. The van der Waals surface area contributed by atoms with Crippen molar-refractivity contribution in [3.63, 3.8) is 0 Å². The molecule has 3 rings (SSSR count). The van der Waals surface area contributed by atoms with Gasteiger partial charge in [0.2, 0.25) is 0 Å². The number of carbonyl (C=O) groups excluding carboxylic acids is 1. The number of hydrogen-bond donors (Lipinski definition) is 0. The molecule has 1 aromatic heterocycles. The summed E-state index contributed by atoms with van der Waals surface area (Å²) in [6.07, 6.45) is 2.39. The van der Waals surface area contributed by atoms with Crippen molar-refractivity contribution in [3.05, 3.63) is 65.5 Å². The largest absolute Gasteiger partial charge is 0.424 e. The second-order valence-electron chi connectivity index (χ2n) is 6.71. The summed E-state index contributed by atoms with van der Waals surface area (Å²) in [6.45, 7) is 5.39. The van der Waals surface area contributed by atoms with Crippen LogP contribution in [0.1, 0.15) is 44.5 Å². The first-order valence-electron chi connectivity index (χ1n) is 9.15. The van der Waals surface area contributed by atoms with Gasteiger partial charge in [-0.2, -0.15) is 9.78 Å². The van der Waals surface area contributed by atoms with Crippen LogP contribution < -0.4 is 10.3 Å². The molecule has 0 radical (unpaired) electrons. The van der Waals surface area contributed by atoms with E-state index in [0.29, 0.717) is 37.0 Å². The number of nitrogens with zero attached hydrogens (tertiary/aromatic N) is 3. The first-order chi connectivity index (χ1) is 14.2. The molecule has 0 spiro atoms. The fourth-order valence-electron chi connectivity index (χ4n) is 2.80. The third-order valence-electron chi connectivity index (χ3n) is 4.48. The van der Waals surface area contributed by atoms with E-state index in [4.69, 9.17) is 9.72 Å². The van der Waals surface area contributed by atoms with Crippen LogP contribution in [0.2, 0.25) is 0 Å². The zero-order valence-electron chi connectivity index (χ0n) is 16.4. The Hall–Kier alpha value is -1.84. The SMILES string of the molecule is CC[C@H](C)c1nc2ccc(Br)cc2c(=O)n1N=Cc1cc(Br)c(OC(C)=O)c(Br)c1. The highest BCUT2D eigenvalue weighted by molar-refractivity contribution is 9.11. The predicted octanol–water partition coefficient (Wildman–Crippen LogP) is 6.01. The van der Waals surface area contributed by atoms with Gasteiger partial charge in [-0.25, -0.2) is 4.98 Å². The minimum absolute atomic E-state index is 0.0488. The van der Waals surface area contributed by atoms with Crippen LogP contribution in [0, 0.1) is 0 Å². The van der Waals surface area contributed by atoms with Gasteiger partial charge in [-0.15, -0.1) is 0 Å². The van der Waals surface area contributed by atoms with Crippen molar-refractivity contribution in [1.29, 1.82) is 0 Å². The van der Waals surface area contributed by atoms with E-state index >= 15 is 0 Å². The van der Waals surface area contributed by atoms with Crippen molar-refractivity contribution < 1.29 is 9.53 Å². The molecule has 0 aliphatic heterocycles. The maximum atomic E-state index is 13.2. The molecule has 0 unspecified atom stereocenters. The van der Waals surface area contributed by atoms with Gasteiger partial charge in [0.15, 0.2) is 5.75 Å². The van der Waals surface area contributed by atoms with Gasteiger partial charge in [0.1, 0.15) is 5.82 Å². The lowest BCUT2D eigenvalue weighted by molar-refractivity contribution is -0.131. The average molecular weight is 600 g/mol. The topological polar surface area (TPSA) is 73.6 Å². The molecule has 0 saturated heterocycles. The normalized spacial score (nSPS) is 12.5. The summed E-state index contributed by atoms with van der Waals surface area (Å²) in [4.78, 5) is 29.1. The predicted molar refractivity (Wildman–Crippen MR) is 129 cm³/mol. The molecule has 3 aromatic rings. The minimum atomic E-state index is -0.420. The Morgan fingerprint density at radius 1 is 1.23 bits per heavy atom. The number of halogens is 3. The number of hydrogen-bond acceptors (Lipinski definition) is 5. The third-order valence-corrected chi connectivity index (χ3v) is 6.15. The quantitative estimate of drug-likeness (QED) is 0.205. The number of benzene rings is 2. The number of rotatable bonds is 5. The third kappa shape index (κ3) is 4.90. The molecule has 156 valence electrons. The van der Waals surface area contributed by atoms with Crippen LogP contribution in [0.25, 0.3) is 10.9 Å². The van der Waals surface area contributed by atoms with Crippen molar-refractivity contribution in [1.82, 2.24) is 9.66 Å². The van der Waals surface area contributed by atoms with Gasteiger partial charge in [-0.3, -0.25) is 9.59 Å². The summed E-state index contributed by atoms with van der Waals surface area (Å²) in [5.74, 6) is 0.612. The Labute approximate surface area is 198 Å². The highest BCUT2D eigenvalue weighted by Gasteiger charge is 2.16. The van der Waals surface area contributed by atoms with Gasteiger partial charge < -0.3 is 4.74 Å². The molecule has 2 aromatic carbocycles. The van der Waals surface area contributed by atoms with Gasteiger partial charge in [0, 0.05) is 17.3 Å². The Morgan fingerprint density at radius 2 is 1.90 bits per heavy atom. The maximum Gasteiger partial charge on any atom is 0.308 e. The molecule has 9 heteroatoms. The molecule has 30 heavy (non-hydrogen) atoms. The highest BCUT2D eigenvalue weighted by Crippen LogP contribution is 2.34. The maximum absolute atomic E-state index is 13.2. The van der Waals surface area contributed by atoms with E-state index in [9.17, 15) is 9.59 Å². The van der Waals surface area contributed by atoms with Crippen LogP contribution in [0.3, 0.4) is 0 Å². The summed E-state index contributed by atoms with van der Waals surface area (Å²) in [6, 6.07) is 8.94. The fourth-order valence-corrected chi connectivity index (χ4v) is 4.54. The lowest BCUT2D eigenvalue weighted by Crippen LogP contribution is -2.23. The lowest BCUT2D eigenvalue weighted by Gasteiger charge is -2.14. The molecule has 0 aliphatic carbocycles. The number of fused-ring (bicyclic) bond motifs is 1. The molecule has 0 saturated carbocycles. The first-order valence-corrected chi connectivity index (χ1v) is 11.5. The highest BCUT2D eigenvalue weighted by atomic mass is 79.9. The van der Waals surface area contributed by atoms with Crippen molar-refractivity contribution in [2.45, 2.75) is 33.1 Å². The molecule has 6 nitrogen and oxygen atoms in total. The summed E-state index contributed by atoms with van der Waals surface area (Å²) in [7, 11) is 0. The van der Waals surface area contributed by atoms with Crippen molar-refractivity contribution in [2.75, 3.05) is 0 Å². The Morgan fingerprint density at radius 3 is 2.50 bits per heavy atom. The van der Waals surface area contributed by atoms with Crippen LogP contribution in [-0.2, 0) is 4.79 Å². The van der Waals surface area contributed by atoms with E-state index in [1.807, 2.05) is 26.0 Å². The van der Waals surface area contributed by atoms with E-state index < -0.39 is 5.97 Å². The number of esters is 1. The molecule has 0 N–H and O–H groups in total. The molecule has 1 heterocycles. The Bertz CT molecular complexity index is 1200. The molecule has 0 fully saturated rings. The van der Waals surface area contributed by atoms with Gasteiger partial charge >= 0.3 is 5.97 Å². The standard InChI is InChI=1S/C21H18Br3N3O3/c1-4-11(2)20-26-18-6-5-14(22)9-15(18)21(29)27(20)25-10-13-7-16(23)19(17(24)8-13)30-12(3)28/h5-11H,4H2,1-3H3/t11-/m0/s1. The smallest absolute Gasteiger partial charge is 0.308 e. The van der Waals surface area contributed by atoms with Crippen molar-refractivity contribution in [2.24, 2.45) is 5.10 Å². The van der Waals surface area contributed by atoms with Crippen LogP contribution in [0.5, 0.6) is 5.75 Å². The number of aromatic nitrogens is 2. The zero-order chi connectivity index (χ0) is 22.0. The van der Waals surface area contributed by atoms with E-state index in [1.54, 1.807) is 24.4 Å². The molecule has 0 aliphatic rings. The monoisotopic (exact) mass is 597 g/mol. The molecule has 0 amide bonds. The van der Waals surface area contributed by atoms with E-state index in [2.05, 4.69) is 52.9 Å². The average Bonchev–Trinajstić information content (AvgIpc) is 2.69.